The van der Waals surface area contributed by atoms with Gasteiger partial charge in [-0.15, -0.1) is 0 Å². The number of hydrogen-bond donors (Lipinski definition) is 0. The van der Waals surface area contributed by atoms with Gasteiger partial charge in [0.05, 0.1) is 27.9 Å². The minimum Gasteiger partial charge on any atom is -0.467 e. The van der Waals surface area contributed by atoms with Gasteiger partial charge in [-0.2, -0.15) is 4.31 Å². The van der Waals surface area contributed by atoms with E-state index in [4.69, 9.17) is 21.0 Å². The van der Waals surface area contributed by atoms with Gasteiger partial charge in [0, 0.05) is 24.0 Å². The topological polar surface area (TPSA) is 83.7 Å². The number of carbonyl (C=O) groups excluding carboxylic acids is 1. The number of halogens is 3. The van der Waals surface area contributed by atoms with E-state index in [9.17, 15) is 22.0 Å². The first-order chi connectivity index (χ1) is 17.6. The first kappa shape index (κ1) is 25.8. The number of thiazole rings is 1. The summed E-state index contributed by atoms with van der Waals surface area (Å²) in [5.74, 6) is -2.41. The normalized spacial score (nSPS) is 15.4. The quantitative estimate of drug-likeness (QED) is 0.297. The summed E-state index contributed by atoms with van der Waals surface area (Å²) in [6.45, 7) is 2.22. The van der Waals surface area contributed by atoms with Crippen molar-refractivity contribution in [2.45, 2.75) is 31.2 Å². The molecule has 0 bridgehead atoms. The minimum atomic E-state index is -4.03. The molecule has 0 spiro atoms. The maximum Gasteiger partial charge on any atom is 0.243 e. The highest BCUT2D eigenvalue weighted by Crippen LogP contribution is 2.35. The van der Waals surface area contributed by atoms with Crippen molar-refractivity contribution in [3.8, 4) is 0 Å². The number of fused-ring (bicyclic) bond motifs is 1. The van der Waals surface area contributed by atoms with Crippen molar-refractivity contribution in [1.82, 2.24) is 9.29 Å². The molecule has 1 aliphatic heterocycles. The van der Waals surface area contributed by atoms with Crippen molar-refractivity contribution in [3.63, 3.8) is 0 Å². The van der Waals surface area contributed by atoms with Crippen molar-refractivity contribution >= 4 is 54.2 Å². The number of nitrogens with zero attached hydrogens (tertiary/aromatic N) is 3. The van der Waals surface area contributed by atoms with E-state index >= 15 is 0 Å². The molecule has 194 valence electrons. The largest absolute Gasteiger partial charge is 0.467 e. The molecule has 1 aliphatic rings. The SMILES string of the molecule is Cc1cc(Cl)cc2sc(N(Cc3ccco3)C(=O)C3CCN(S(=O)(=O)c4ccc(F)c(F)c4)CC3)nc12. The lowest BCUT2D eigenvalue weighted by atomic mass is 9.96. The average Bonchev–Trinajstić information content (AvgIpc) is 3.54. The Labute approximate surface area is 221 Å². The van der Waals surface area contributed by atoms with Crippen LogP contribution in [0, 0.1) is 24.5 Å². The van der Waals surface area contributed by atoms with Gasteiger partial charge in [0.2, 0.25) is 15.9 Å². The molecular weight excluding hydrogens is 544 g/mol. The maximum absolute atomic E-state index is 13.7. The van der Waals surface area contributed by atoms with Crippen LogP contribution in [0.15, 0.2) is 58.0 Å². The maximum atomic E-state index is 13.7. The summed E-state index contributed by atoms with van der Waals surface area (Å²) in [7, 11) is -4.03. The number of furan rings is 1. The van der Waals surface area contributed by atoms with Crippen molar-refractivity contribution < 1.29 is 26.4 Å². The summed E-state index contributed by atoms with van der Waals surface area (Å²) in [6, 6.07) is 9.63. The number of piperidine rings is 1. The van der Waals surface area contributed by atoms with Crippen LogP contribution in [0.25, 0.3) is 10.2 Å². The van der Waals surface area contributed by atoms with Crippen LogP contribution >= 0.6 is 22.9 Å². The highest BCUT2D eigenvalue weighted by molar-refractivity contribution is 7.89. The Bertz CT molecular complexity index is 1570. The molecule has 12 heteroatoms. The summed E-state index contributed by atoms with van der Waals surface area (Å²) in [5.41, 5.74) is 1.65. The summed E-state index contributed by atoms with van der Waals surface area (Å²) in [4.78, 5) is 19.7. The zero-order chi connectivity index (χ0) is 26.3. The molecule has 5 rings (SSSR count). The van der Waals surface area contributed by atoms with Crippen molar-refractivity contribution in [1.29, 1.82) is 0 Å². The molecule has 7 nitrogen and oxygen atoms in total. The Hall–Kier alpha value is -2.86. The molecule has 0 unspecified atom stereocenters. The Kier molecular flexibility index (Phi) is 7.06. The van der Waals surface area contributed by atoms with Crippen LogP contribution in [0.5, 0.6) is 0 Å². The fourth-order valence-electron chi connectivity index (χ4n) is 4.41. The lowest BCUT2D eigenvalue weighted by Gasteiger charge is -2.32. The number of rotatable bonds is 6. The van der Waals surface area contributed by atoms with Gasteiger partial charge < -0.3 is 4.42 Å². The molecule has 1 saturated heterocycles. The van der Waals surface area contributed by atoms with Crippen molar-refractivity contribution in [2.24, 2.45) is 5.92 Å². The molecule has 0 N–H and O–H groups in total. The van der Waals surface area contributed by atoms with Crippen molar-refractivity contribution in [3.05, 3.63) is 76.7 Å². The molecule has 1 fully saturated rings. The van der Waals surface area contributed by atoms with E-state index in [1.54, 1.807) is 17.0 Å². The molecule has 0 atom stereocenters. The third-order valence-corrected chi connectivity index (χ3v) is 9.50. The molecule has 0 aliphatic carbocycles. The molecule has 2 aromatic carbocycles. The third-order valence-electron chi connectivity index (χ3n) is 6.36. The highest BCUT2D eigenvalue weighted by atomic mass is 35.5. The molecular formula is C25H22ClF2N3O4S2. The van der Waals surface area contributed by atoms with Crippen LogP contribution in [-0.2, 0) is 21.4 Å². The fourth-order valence-corrected chi connectivity index (χ4v) is 7.31. The predicted octanol–water partition coefficient (Wildman–Crippen LogP) is 5.76. The number of aryl methyl sites for hydroxylation is 1. The van der Waals surface area contributed by atoms with Crippen LogP contribution in [-0.4, -0.2) is 36.7 Å². The van der Waals surface area contributed by atoms with Gasteiger partial charge in [-0.3, -0.25) is 9.69 Å². The standard InChI is InChI=1S/C25H22ClF2N3O4S2/c1-15-11-17(26)12-22-23(15)29-25(36-22)31(14-18-3-2-10-35-18)24(32)16-6-8-30(9-7-16)37(33,34)19-4-5-20(27)21(28)13-19/h2-5,10-13,16H,6-9,14H2,1H3. The summed E-state index contributed by atoms with van der Waals surface area (Å²) < 4.78 is 60.4. The van der Waals surface area contributed by atoms with Crippen LogP contribution in [0.2, 0.25) is 5.02 Å². The van der Waals surface area contributed by atoms with E-state index in [2.05, 4.69) is 0 Å². The van der Waals surface area contributed by atoms with E-state index < -0.39 is 27.6 Å². The van der Waals surface area contributed by atoms with Gasteiger partial charge >= 0.3 is 0 Å². The van der Waals surface area contributed by atoms with E-state index in [1.807, 2.05) is 19.1 Å². The molecule has 0 radical (unpaired) electrons. The predicted molar refractivity (Wildman–Crippen MR) is 137 cm³/mol. The molecule has 2 aromatic heterocycles. The van der Waals surface area contributed by atoms with Crippen LogP contribution in [0.1, 0.15) is 24.2 Å². The smallest absolute Gasteiger partial charge is 0.243 e. The minimum absolute atomic E-state index is 0.0703. The number of sulfonamides is 1. The lowest BCUT2D eigenvalue weighted by Crippen LogP contribution is -2.44. The van der Waals surface area contributed by atoms with Gasteiger partial charge in [-0.25, -0.2) is 22.2 Å². The number of benzene rings is 2. The highest BCUT2D eigenvalue weighted by Gasteiger charge is 2.35. The number of anilines is 1. The molecule has 4 aromatic rings. The second-order valence-electron chi connectivity index (χ2n) is 8.82. The van der Waals surface area contributed by atoms with Gasteiger partial charge in [0.25, 0.3) is 0 Å². The van der Waals surface area contributed by atoms with Crippen molar-refractivity contribution in [2.75, 3.05) is 18.0 Å². The van der Waals surface area contributed by atoms with E-state index in [1.165, 1.54) is 21.9 Å². The zero-order valence-electron chi connectivity index (χ0n) is 19.7. The second-order valence-corrected chi connectivity index (χ2v) is 12.2. The first-order valence-electron chi connectivity index (χ1n) is 11.5. The summed E-state index contributed by atoms with van der Waals surface area (Å²) in [5, 5.41) is 1.08. The van der Waals surface area contributed by atoms with Crippen LogP contribution in [0.4, 0.5) is 13.9 Å². The Balaban J connectivity index is 1.37. The Morgan fingerprint density at radius 3 is 2.62 bits per heavy atom. The molecule has 3 heterocycles. The molecule has 1 amide bonds. The first-order valence-corrected chi connectivity index (χ1v) is 14.1. The number of hydrogen-bond acceptors (Lipinski definition) is 6. The van der Waals surface area contributed by atoms with Gasteiger partial charge in [-0.05, 0) is 67.8 Å². The van der Waals surface area contributed by atoms with E-state index in [-0.39, 0.29) is 43.3 Å². The lowest BCUT2D eigenvalue weighted by molar-refractivity contribution is -0.123. The third kappa shape index (κ3) is 5.13. The van der Waals surface area contributed by atoms with Crippen LogP contribution in [0.3, 0.4) is 0 Å². The van der Waals surface area contributed by atoms with Gasteiger partial charge in [-0.1, -0.05) is 22.9 Å². The fraction of sp³-hybridized carbons (Fsp3) is 0.280. The monoisotopic (exact) mass is 565 g/mol. The van der Waals surface area contributed by atoms with Gasteiger partial charge in [0.1, 0.15) is 5.76 Å². The summed E-state index contributed by atoms with van der Waals surface area (Å²) >= 11 is 7.56. The number of amides is 1. The Morgan fingerprint density at radius 2 is 1.95 bits per heavy atom. The van der Waals surface area contributed by atoms with E-state index in [0.29, 0.717) is 22.0 Å². The van der Waals surface area contributed by atoms with Crippen LogP contribution < -0.4 is 4.90 Å². The molecule has 37 heavy (non-hydrogen) atoms. The number of aromatic nitrogens is 1. The summed E-state index contributed by atoms with van der Waals surface area (Å²) in [6.07, 6.45) is 2.07. The van der Waals surface area contributed by atoms with E-state index in [0.717, 1.165) is 27.9 Å². The average molecular weight is 566 g/mol. The molecule has 0 saturated carbocycles. The zero-order valence-corrected chi connectivity index (χ0v) is 22.0. The number of carbonyl (C=O) groups is 1. The Morgan fingerprint density at radius 1 is 1.19 bits per heavy atom. The van der Waals surface area contributed by atoms with Gasteiger partial charge in [0.15, 0.2) is 16.8 Å². The second kappa shape index (κ2) is 10.1.